The molecule has 4 atom stereocenters. The number of aliphatic hydroxyl groups is 1. The number of ketones is 1. The third-order valence-corrected chi connectivity index (χ3v) is 12.1. The summed E-state index contributed by atoms with van der Waals surface area (Å²) in [6.45, 7) is 10.7. The van der Waals surface area contributed by atoms with Crippen molar-refractivity contribution in [2.24, 2.45) is 5.92 Å². The first-order chi connectivity index (χ1) is 14.1. The van der Waals surface area contributed by atoms with Gasteiger partial charge in [-0.2, -0.15) is 0 Å². The number of carbonyl (C=O) groups is 1. The Morgan fingerprint density at radius 3 is 2.50 bits per heavy atom. The highest BCUT2D eigenvalue weighted by Gasteiger charge is 2.55. The summed E-state index contributed by atoms with van der Waals surface area (Å²) in [5.74, 6) is 11.0. The van der Waals surface area contributed by atoms with Crippen molar-refractivity contribution in [1.82, 2.24) is 0 Å². The van der Waals surface area contributed by atoms with E-state index in [1.807, 2.05) is 30.3 Å². The van der Waals surface area contributed by atoms with Crippen LogP contribution < -0.4 is 0 Å². The summed E-state index contributed by atoms with van der Waals surface area (Å²) in [6.07, 6.45) is 3.46. The second kappa shape index (κ2) is 8.77. The topological polar surface area (TPSA) is 46.5 Å². The van der Waals surface area contributed by atoms with Crippen LogP contribution in [0.5, 0.6) is 0 Å². The molecule has 1 aromatic carbocycles. The second-order valence-electron chi connectivity index (χ2n) is 9.42. The maximum atomic E-state index is 13.9. The lowest BCUT2D eigenvalue weighted by Crippen LogP contribution is -2.59. The number of thioether (sulfide) groups is 1. The van der Waals surface area contributed by atoms with Gasteiger partial charge in [-0.1, -0.05) is 62.7 Å². The van der Waals surface area contributed by atoms with Crippen LogP contribution in [0.4, 0.5) is 0 Å². The third kappa shape index (κ3) is 4.76. The van der Waals surface area contributed by atoms with Gasteiger partial charge in [0.25, 0.3) is 0 Å². The molecule has 3 rings (SSSR count). The normalized spacial score (nSPS) is 28.7. The molecule has 0 heterocycles. The van der Waals surface area contributed by atoms with Gasteiger partial charge >= 0.3 is 0 Å². The smallest absolute Gasteiger partial charge is 0.194 e. The van der Waals surface area contributed by atoms with Crippen molar-refractivity contribution in [1.29, 1.82) is 0 Å². The molecule has 2 aliphatic carbocycles. The number of allylic oxidation sites excluding steroid dienone is 2. The van der Waals surface area contributed by atoms with Crippen molar-refractivity contribution in [2.45, 2.75) is 73.6 Å². The van der Waals surface area contributed by atoms with E-state index in [9.17, 15) is 9.90 Å². The largest absolute Gasteiger partial charge is 0.395 e. The molecule has 2 bridgehead atoms. The minimum atomic E-state index is -2.28. The van der Waals surface area contributed by atoms with E-state index in [1.165, 1.54) is 0 Å². The molecule has 0 aliphatic heterocycles. The van der Waals surface area contributed by atoms with Gasteiger partial charge in [0.1, 0.15) is 6.10 Å². The monoisotopic (exact) mass is 438 g/mol. The minimum Gasteiger partial charge on any atom is -0.395 e. The van der Waals surface area contributed by atoms with Crippen LogP contribution in [-0.2, 0) is 9.22 Å². The predicted octanol–water partition coefficient (Wildman–Crippen LogP) is 4.82. The molecular formula is C25H30O3SSi. The summed E-state index contributed by atoms with van der Waals surface area (Å²) in [5, 5.41) is 10.8. The zero-order chi connectivity index (χ0) is 22.0. The summed E-state index contributed by atoms with van der Waals surface area (Å²) in [7, 11) is -2.28. The number of hydrogen-bond acceptors (Lipinski definition) is 4. The fraction of sp³-hybridized carbons (Fsp3) is 0.480. The van der Waals surface area contributed by atoms with Gasteiger partial charge in [0, 0.05) is 10.1 Å². The Bertz CT molecular complexity index is 940. The van der Waals surface area contributed by atoms with Crippen molar-refractivity contribution in [2.75, 3.05) is 0 Å². The average Bonchev–Trinajstić information content (AvgIpc) is 2.66. The van der Waals surface area contributed by atoms with Crippen molar-refractivity contribution in [3.8, 4) is 23.7 Å². The zero-order valence-corrected chi connectivity index (χ0v) is 20.2. The molecule has 1 fully saturated rings. The van der Waals surface area contributed by atoms with Crippen molar-refractivity contribution >= 4 is 25.9 Å². The van der Waals surface area contributed by atoms with Gasteiger partial charge in [-0.3, -0.25) is 4.79 Å². The predicted molar refractivity (Wildman–Crippen MR) is 126 cm³/mol. The maximum absolute atomic E-state index is 13.9. The molecule has 0 spiro atoms. The highest BCUT2D eigenvalue weighted by atomic mass is 32.2. The van der Waals surface area contributed by atoms with Crippen LogP contribution in [0.1, 0.15) is 33.6 Å². The first-order valence-corrected chi connectivity index (χ1v) is 14.2. The Morgan fingerprint density at radius 2 is 1.83 bits per heavy atom. The van der Waals surface area contributed by atoms with E-state index in [0.29, 0.717) is 6.42 Å². The molecule has 2 aliphatic rings. The van der Waals surface area contributed by atoms with Crippen molar-refractivity contribution in [3.05, 3.63) is 42.5 Å². The second-order valence-corrected chi connectivity index (χ2v) is 15.5. The van der Waals surface area contributed by atoms with E-state index in [4.69, 9.17) is 4.43 Å². The van der Waals surface area contributed by atoms with Crippen LogP contribution in [0, 0.1) is 29.6 Å². The van der Waals surface area contributed by atoms with E-state index >= 15 is 0 Å². The summed E-state index contributed by atoms with van der Waals surface area (Å²) >= 11 is 1.63. The Balaban J connectivity index is 2.02. The summed E-state index contributed by atoms with van der Waals surface area (Å²) < 4.78 is 6.71. The van der Waals surface area contributed by atoms with Crippen LogP contribution in [0.2, 0.25) is 18.1 Å². The molecule has 4 unspecified atom stereocenters. The summed E-state index contributed by atoms with van der Waals surface area (Å²) in [5.41, 5.74) is -1.19. The molecule has 0 aromatic heterocycles. The van der Waals surface area contributed by atoms with Gasteiger partial charge < -0.3 is 9.53 Å². The van der Waals surface area contributed by atoms with Gasteiger partial charge in [0.2, 0.25) is 0 Å². The Kier molecular flexibility index (Phi) is 6.70. The van der Waals surface area contributed by atoms with Crippen molar-refractivity contribution in [3.63, 3.8) is 0 Å². The van der Waals surface area contributed by atoms with Crippen LogP contribution in [0.25, 0.3) is 0 Å². The minimum absolute atomic E-state index is 0.0571. The van der Waals surface area contributed by atoms with Gasteiger partial charge in [0.05, 0.1) is 5.92 Å². The number of aliphatic hydroxyl groups excluding tert-OH is 1. The van der Waals surface area contributed by atoms with E-state index in [-0.39, 0.29) is 16.1 Å². The third-order valence-electron chi connectivity index (χ3n) is 6.24. The standard InChI is InChI=1S/C25H30O3SSi/c1-24(2,3)30(4,5)28-25-17-12-7-6-11-15-20(26)22(23(25)27)21(16-18-25)29-19-13-9-8-10-14-19/h6-10,13-14,20-22,26H,16,18H2,1-5H3. The van der Waals surface area contributed by atoms with E-state index in [0.717, 1.165) is 11.3 Å². The number of carbonyl (C=O) groups excluding carboxylic acids is 1. The van der Waals surface area contributed by atoms with Crippen LogP contribution >= 0.6 is 11.8 Å². The maximum Gasteiger partial charge on any atom is 0.194 e. The quantitative estimate of drug-likeness (QED) is 0.541. The van der Waals surface area contributed by atoms with Crippen LogP contribution in [-0.4, -0.2) is 36.2 Å². The van der Waals surface area contributed by atoms with Gasteiger partial charge in [-0.25, -0.2) is 0 Å². The molecular weight excluding hydrogens is 408 g/mol. The molecule has 158 valence electrons. The van der Waals surface area contributed by atoms with E-state index < -0.39 is 25.9 Å². The van der Waals surface area contributed by atoms with Gasteiger partial charge in [0.15, 0.2) is 19.7 Å². The molecule has 0 radical (unpaired) electrons. The van der Waals surface area contributed by atoms with Gasteiger partial charge in [-0.05, 0) is 55.3 Å². The first kappa shape index (κ1) is 22.9. The number of benzene rings is 1. The highest BCUT2D eigenvalue weighted by Crippen LogP contribution is 2.46. The van der Waals surface area contributed by atoms with Crippen LogP contribution in [0.3, 0.4) is 0 Å². The Morgan fingerprint density at radius 1 is 1.17 bits per heavy atom. The number of rotatable bonds is 4. The Hall–Kier alpha value is -1.76. The molecule has 5 heteroatoms. The van der Waals surface area contributed by atoms with Crippen molar-refractivity contribution < 1.29 is 14.3 Å². The fourth-order valence-electron chi connectivity index (χ4n) is 3.54. The zero-order valence-electron chi connectivity index (χ0n) is 18.4. The molecule has 0 amide bonds. The molecule has 3 nitrogen and oxygen atoms in total. The van der Waals surface area contributed by atoms with E-state index in [2.05, 4.69) is 57.5 Å². The molecule has 1 N–H and O–H groups in total. The highest BCUT2D eigenvalue weighted by molar-refractivity contribution is 8.00. The van der Waals surface area contributed by atoms with E-state index in [1.54, 1.807) is 23.9 Å². The van der Waals surface area contributed by atoms with Crippen LogP contribution in [0.15, 0.2) is 47.4 Å². The number of Topliss-reactive ketones (excluding diaryl/α,β-unsaturated/α-hetero) is 1. The molecule has 30 heavy (non-hydrogen) atoms. The average molecular weight is 439 g/mol. The lowest BCUT2D eigenvalue weighted by Gasteiger charge is -2.47. The lowest BCUT2D eigenvalue weighted by atomic mass is 9.74. The van der Waals surface area contributed by atoms with Gasteiger partial charge in [-0.15, -0.1) is 11.8 Å². The SMILES string of the molecule is CC(C)(C)[Si](C)(C)OC12C#CC=CC#CC(O)C(C1=O)C(Sc1ccccc1)CC2. The summed E-state index contributed by atoms with van der Waals surface area (Å²) in [4.78, 5) is 15.0. The lowest BCUT2D eigenvalue weighted by molar-refractivity contribution is -0.141. The molecule has 1 saturated carbocycles. The number of fused-ring (bicyclic) bond motifs is 2. The Labute approximate surface area is 185 Å². The first-order valence-electron chi connectivity index (χ1n) is 10.4. The number of hydrogen-bond donors (Lipinski definition) is 1. The summed E-state index contributed by atoms with van der Waals surface area (Å²) in [6, 6.07) is 10.0. The molecule has 0 saturated heterocycles. The molecule has 1 aromatic rings. The fourth-order valence-corrected chi connectivity index (χ4v) is 6.29.